The van der Waals surface area contributed by atoms with Gasteiger partial charge in [-0.05, 0) is 53.6 Å². The SMILES string of the molecule is C[C@@H](C(=O)Cl)c1ccc2oc(-c3ccc(Cl)cc3)nc2c1. The van der Waals surface area contributed by atoms with Gasteiger partial charge in [-0.1, -0.05) is 24.6 Å². The summed E-state index contributed by atoms with van der Waals surface area (Å²) in [4.78, 5) is 15.7. The first kappa shape index (κ1) is 14.1. The Morgan fingerprint density at radius 2 is 1.90 bits per heavy atom. The number of aromatic nitrogens is 1. The summed E-state index contributed by atoms with van der Waals surface area (Å²) in [5, 5.41) is 0.266. The van der Waals surface area contributed by atoms with Gasteiger partial charge < -0.3 is 4.42 Å². The van der Waals surface area contributed by atoms with Gasteiger partial charge >= 0.3 is 0 Å². The second-order valence-electron chi connectivity index (χ2n) is 4.78. The number of benzene rings is 2. The lowest BCUT2D eigenvalue weighted by Gasteiger charge is -2.04. The Bertz CT molecular complexity index is 809. The molecule has 1 aromatic heterocycles. The minimum absolute atomic E-state index is 0.369. The van der Waals surface area contributed by atoms with Crippen molar-refractivity contribution in [3.8, 4) is 11.5 Å². The first-order valence-corrected chi connectivity index (χ1v) is 7.16. The van der Waals surface area contributed by atoms with Crippen LogP contribution >= 0.6 is 23.2 Å². The van der Waals surface area contributed by atoms with Crippen LogP contribution in [0.15, 0.2) is 46.9 Å². The second-order valence-corrected chi connectivity index (χ2v) is 5.59. The summed E-state index contributed by atoms with van der Waals surface area (Å²) in [7, 11) is 0. The highest BCUT2D eigenvalue weighted by atomic mass is 35.5. The smallest absolute Gasteiger partial charge is 0.228 e. The molecule has 2 aromatic carbocycles. The molecule has 0 N–H and O–H groups in total. The Labute approximate surface area is 131 Å². The molecule has 0 radical (unpaired) electrons. The molecule has 0 aliphatic rings. The minimum atomic E-state index is -0.393. The number of rotatable bonds is 3. The number of carbonyl (C=O) groups excluding carboxylic acids is 1. The van der Waals surface area contributed by atoms with E-state index in [2.05, 4.69) is 4.98 Å². The normalized spacial score (nSPS) is 12.5. The third kappa shape index (κ3) is 2.80. The first-order chi connectivity index (χ1) is 10.0. The molecule has 0 aliphatic carbocycles. The van der Waals surface area contributed by atoms with Crippen LogP contribution in [0, 0.1) is 0 Å². The summed E-state index contributed by atoms with van der Waals surface area (Å²) < 4.78 is 5.72. The lowest BCUT2D eigenvalue weighted by molar-refractivity contribution is -0.112. The second kappa shape index (κ2) is 5.51. The van der Waals surface area contributed by atoms with Crippen LogP contribution < -0.4 is 0 Å². The van der Waals surface area contributed by atoms with E-state index in [1.165, 1.54) is 0 Å². The van der Waals surface area contributed by atoms with Crippen molar-refractivity contribution in [2.45, 2.75) is 12.8 Å². The fourth-order valence-corrected chi connectivity index (χ4v) is 2.31. The number of oxazole rings is 1. The quantitative estimate of drug-likeness (QED) is 0.637. The van der Waals surface area contributed by atoms with E-state index in [4.69, 9.17) is 27.6 Å². The molecule has 1 atom stereocenters. The fourth-order valence-electron chi connectivity index (χ4n) is 2.06. The zero-order valence-electron chi connectivity index (χ0n) is 11.1. The molecule has 3 nitrogen and oxygen atoms in total. The lowest BCUT2D eigenvalue weighted by atomic mass is 10.0. The average molecular weight is 320 g/mol. The number of hydrogen-bond acceptors (Lipinski definition) is 3. The van der Waals surface area contributed by atoms with E-state index in [-0.39, 0.29) is 5.92 Å². The molecule has 0 amide bonds. The molecular formula is C16H11Cl2NO2. The van der Waals surface area contributed by atoms with Crippen molar-refractivity contribution >= 4 is 39.5 Å². The van der Waals surface area contributed by atoms with E-state index >= 15 is 0 Å². The van der Waals surface area contributed by atoms with Crippen LogP contribution in [0.2, 0.25) is 5.02 Å². The predicted molar refractivity (Wildman–Crippen MR) is 83.7 cm³/mol. The van der Waals surface area contributed by atoms with Gasteiger partial charge in [0.1, 0.15) is 5.52 Å². The molecule has 1 heterocycles. The van der Waals surface area contributed by atoms with Gasteiger partial charge in [-0.15, -0.1) is 0 Å². The van der Waals surface area contributed by atoms with E-state index < -0.39 is 5.24 Å². The van der Waals surface area contributed by atoms with Gasteiger partial charge in [-0.3, -0.25) is 4.79 Å². The van der Waals surface area contributed by atoms with Crippen molar-refractivity contribution < 1.29 is 9.21 Å². The van der Waals surface area contributed by atoms with Crippen LogP contribution in [0.25, 0.3) is 22.6 Å². The van der Waals surface area contributed by atoms with Crippen molar-refractivity contribution in [1.82, 2.24) is 4.98 Å². The largest absolute Gasteiger partial charge is 0.436 e. The van der Waals surface area contributed by atoms with Crippen LogP contribution in [0.3, 0.4) is 0 Å². The highest BCUT2D eigenvalue weighted by Gasteiger charge is 2.15. The molecule has 0 bridgehead atoms. The average Bonchev–Trinajstić information content (AvgIpc) is 2.89. The van der Waals surface area contributed by atoms with Gasteiger partial charge in [0.15, 0.2) is 5.58 Å². The van der Waals surface area contributed by atoms with E-state index in [9.17, 15) is 4.79 Å². The maximum Gasteiger partial charge on any atom is 0.228 e. The van der Waals surface area contributed by atoms with Gasteiger partial charge in [-0.2, -0.15) is 0 Å². The summed E-state index contributed by atoms with van der Waals surface area (Å²) in [6.07, 6.45) is 0. The molecule has 0 fully saturated rings. The maximum atomic E-state index is 11.2. The van der Waals surface area contributed by atoms with Crippen molar-refractivity contribution in [3.63, 3.8) is 0 Å². The van der Waals surface area contributed by atoms with Crippen LogP contribution in [0.1, 0.15) is 18.4 Å². The van der Waals surface area contributed by atoms with E-state index in [1.807, 2.05) is 24.3 Å². The Hall–Kier alpha value is -1.84. The third-order valence-electron chi connectivity index (χ3n) is 3.34. The van der Waals surface area contributed by atoms with Gasteiger partial charge in [0.05, 0.1) is 5.92 Å². The number of halogens is 2. The molecular weight excluding hydrogens is 309 g/mol. The zero-order valence-corrected chi connectivity index (χ0v) is 12.7. The Morgan fingerprint density at radius 1 is 1.19 bits per heavy atom. The van der Waals surface area contributed by atoms with Crippen LogP contribution in [0.5, 0.6) is 0 Å². The first-order valence-electron chi connectivity index (χ1n) is 6.40. The molecule has 3 aromatic rings. The lowest BCUT2D eigenvalue weighted by Crippen LogP contribution is -2.01. The maximum absolute atomic E-state index is 11.2. The topological polar surface area (TPSA) is 43.1 Å². The zero-order chi connectivity index (χ0) is 15.0. The number of nitrogens with zero attached hydrogens (tertiary/aromatic N) is 1. The molecule has 106 valence electrons. The Morgan fingerprint density at radius 3 is 2.57 bits per heavy atom. The van der Waals surface area contributed by atoms with Crippen LogP contribution in [0.4, 0.5) is 0 Å². The van der Waals surface area contributed by atoms with E-state index in [0.29, 0.717) is 22.0 Å². The summed E-state index contributed by atoms with van der Waals surface area (Å²) in [5.74, 6) is 0.149. The van der Waals surface area contributed by atoms with Gasteiger partial charge in [0.2, 0.25) is 11.1 Å². The molecule has 21 heavy (non-hydrogen) atoms. The molecule has 0 aliphatic heterocycles. The summed E-state index contributed by atoms with van der Waals surface area (Å²) in [6, 6.07) is 12.7. The van der Waals surface area contributed by atoms with Gasteiger partial charge in [-0.25, -0.2) is 4.98 Å². The summed E-state index contributed by atoms with van der Waals surface area (Å²) >= 11 is 11.4. The van der Waals surface area contributed by atoms with Crippen LogP contribution in [-0.4, -0.2) is 10.2 Å². The summed E-state index contributed by atoms with van der Waals surface area (Å²) in [6.45, 7) is 1.76. The van der Waals surface area contributed by atoms with Crippen LogP contribution in [-0.2, 0) is 4.79 Å². The summed E-state index contributed by atoms with van der Waals surface area (Å²) in [5.41, 5.74) is 3.03. The molecule has 0 spiro atoms. The number of carbonyl (C=O) groups is 1. The molecule has 0 saturated heterocycles. The van der Waals surface area contributed by atoms with Gasteiger partial charge in [0.25, 0.3) is 0 Å². The molecule has 0 unspecified atom stereocenters. The molecule has 5 heteroatoms. The van der Waals surface area contributed by atoms with Gasteiger partial charge in [0, 0.05) is 10.6 Å². The van der Waals surface area contributed by atoms with E-state index in [0.717, 1.165) is 11.1 Å². The van der Waals surface area contributed by atoms with Crippen molar-refractivity contribution in [2.24, 2.45) is 0 Å². The highest BCUT2D eigenvalue weighted by Crippen LogP contribution is 2.28. The third-order valence-corrected chi connectivity index (χ3v) is 3.92. The minimum Gasteiger partial charge on any atom is -0.436 e. The molecule has 0 saturated carbocycles. The van der Waals surface area contributed by atoms with Crippen molar-refractivity contribution in [2.75, 3.05) is 0 Å². The standard InChI is InChI=1S/C16H11Cl2NO2/c1-9(15(18)20)11-4-7-14-13(8-11)19-16(21-14)10-2-5-12(17)6-3-10/h2-9H,1H3/t9-/m1/s1. The monoisotopic (exact) mass is 319 g/mol. The van der Waals surface area contributed by atoms with Crippen molar-refractivity contribution in [1.29, 1.82) is 0 Å². The molecule has 3 rings (SSSR count). The predicted octanol–water partition coefficient (Wildman–Crippen LogP) is 5.02. The Balaban J connectivity index is 2.04. The highest BCUT2D eigenvalue weighted by molar-refractivity contribution is 6.64. The van der Waals surface area contributed by atoms with E-state index in [1.54, 1.807) is 25.1 Å². The number of hydrogen-bond donors (Lipinski definition) is 0. The fraction of sp³-hybridized carbons (Fsp3) is 0.125. The number of fused-ring (bicyclic) bond motifs is 1. The Kier molecular flexibility index (Phi) is 3.70. The van der Waals surface area contributed by atoms with Crippen molar-refractivity contribution in [3.05, 3.63) is 53.1 Å².